The molecule has 0 saturated carbocycles. The van der Waals surface area contributed by atoms with Gasteiger partial charge in [-0.25, -0.2) is 0 Å². The maximum absolute atomic E-state index is 12.0. The van der Waals surface area contributed by atoms with Crippen LogP contribution in [-0.4, -0.2) is 42.0 Å². The topological polar surface area (TPSA) is 75.4 Å². The van der Waals surface area contributed by atoms with E-state index in [0.717, 1.165) is 23.4 Å². The van der Waals surface area contributed by atoms with Gasteiger partial charge in [0.2, 0.25) is 11.8 Å². The minimum Gasteiger partial charge on any atom is -0.361 e. The standard InChI is InChI=1S/C14H23N3O3/c1-5-8-15-13(18)9-17(4)14(19)7-6-12-10(2)16-20-11(12)3/h5-9H2,1-4H3,(H,15,18). The molecule has 6 nitrogen and oxygen atoms in total. The number of aryl methyl sites for hydroxylation is 2. The zero-order valence-corrected chi connectivity index (χ0v) is 12.7. The smallest absolute Gasteiger partial charge is 0.239 e. The number of hydrogen-bond acceptors (Lipinski definition) is 4. The summed E-state index contributed by atoms with van der Waals surface area (Å²) in [7, 11) is 1.64. The minimum atomic E-state index is -0.125. The quantitative estimate of drug-likeness (QED) is 0.815. The van der Waals surface area contributed by atoms with E-state index in [2.05, 4.69) is 10.5 Å². The SMILES string of the molecule is CCCNC(=O)CN(C)C(=O)CCc1c(C)noc1C. The van der Waals surface area contributed by atoms with Gasteiger partial charge >= 0.3 is 0 Å². The normalized spacial score (nSPS) is 10.4. The van der Waals surface area contributed by atoms with Crippen LogP contribution >= 0.6 is 0 Å². The Bertz CT molecular complexity index is 449. The molecule has 0 aliphatic rings. The van der Waals surface area contributed by atoms with Gasteiger partial charge in [-0.3, -0.25) is 9.59 Å². The van der Waals surface area contributed by atoms with E-state index >= 15 is 0 Å². The summed E-state index contributed by atoms with van der Waals surface area (Å²) < 4.78 is 5.06. The van der Waals surface area contributed by atoms with Crippen molar-refractivity contribution in [2.45, 2.75) is 40.0 Å². The Labute approximate surface area is 119 Å². The molecule has 1 N–H and O–H groups in total. The molecule has 0 aliphatic carbocycles. The molecule has 1 rings (SSSR count). The fourth-order valence-corrected chi connectivity index (χ4v) is 1.91. The van der Waals surface area contributed by atoms with E-state index in [-0.39, 0.29) is 18.4 Å². The molecule has 6 heteroatoms. The number of likely N-dealkylation sites (N-methyl/N-ethyl adjacent to an activating group) is 1. The summed E-state index contributed by atoms with van der Waals surface area (Å²) in [5, 5.41) is 6.61. The molecule has 2 amide bonds. The molecule has 20 heavy (non-hydrogen) atoms. The van der Waals surface area contributed by atoms with Gasteiger partial charge in [0.1, 0.15) is 5.76 Å². The van der Waals surface area contributed by atoms with Crippen LogP contribution in [0, 0.1) is 13.8 Å². The van der Waals surface area contributed by atoms with Gasteiger partial charge in [0.15, 0.2) is 0 Å². The lowest BCUT2D eigenvalue weighted by molar-refractivity contribution is -0.134. The molecule has 0 atom stereocenters. The van der Waals surface area contributed by atoms with Crippen LogP contribution in [0.5, 0.6) is 0 Å². The summed E-state index contributed by atoms with van der Waals surface area (Å²) in [4.78, 5) is 24.9. The number of aromatic nitrogens is 1. The molecule has 1 aromatic rings. The first kappa shape index (κ1) is 16.2. The average Bonchev–Trinajstić information content (AvgIpc) is 2.73. The van der Waals surface area contributed by atoms with Gasteiger partial charge in [-0.15, -0.1) is 0 Å². The van der Waals surface area contributed by atoms with E-state index in [9.17, 15) is 9.59 Å². The number of hydrogen-bond donors (Lipinski definition) is 1. The van der Waals surface area contributed by atoms with Crippen molar-refractivity contribution in [1.29, 1.82) is 0 Å². The maximum Gasteiger partial charge on any atom is 0.239 e. The number of nitrogens with one attached hydrogen (secondary N) is 1. The van der Waals surface area contributed by atoms with Crippen molar-refractivity contribution in [2.24, 2.45) is 0 Å². The Hall–Kier alpha value is -1.85. The molecule has 1 heterocycles. The van der Waals surface area contributed by atoms with Gasteiger partial charge in [0.05, 0.1) is 12.2 Å². The molecule has 0 aliphatic heterocycles. The third kappa shape index (κ3) is 4.68. The number of rotatable bonds is 7. The summed E-state index contributed by atoms with van der Waals surface area (Å²) in [6, 6.07) is 0. The van der Waals surface area contributed by atoms with Gasteiger partial charge < -0.3 is 14.7 Å². The van der Waals surface area contributed by atoms with Gasteiger partial charge in [0, 0.05) is 25.6 Å². The Kier molecular flexibility index (Phi) is 6.21. The highest BCUT2D eigenvalue weighted by Crippen LogP contribution is 2.14. The molecule has 0 fully saturated rings. The first-order chi connectivity index (χ1) is 9.45. The fraction of sp³-hybridized carbons (Fsp3) is 0.643. The molecule has 0 bridgehead atoms. The number of carbonyl (C=O) groups excluding carboxylic acids is 2. The largest absolute Gasteiger partial charge is 0.361 e. The van der Waals surface area contributed by atoms with Crippen LogP contribution in [-0.2, 0) is 16.0 Å². The Morgan fingerprint density at radius 1 is 1.35 bits per heavy atom. The van der Waals surface area contributed by atoms with Crippen molar-refractivity contribution >= 4 is 11.8 Å². The number of nitrogens with zero attached hydrogens (tertiary/aromatic N) is 2. The van der Waals surface area contributed by atoms with Crippen molar-refractivity contribution in [3.63, 3.8) is 0 Å². The lowest BCUT2D eigenvalue weighted by Crippen LogP contribution is -2.38. The first-order valence-corrected chi connectivity index (χ1v) is 6.88. The van der Waals surface area contributed by atoms with E-state index in [4.69, 9.17) is 4.52 Å². The Morgan fingerprint density at radius 3 is 2.60 bits per heavy atom. The van der Waals surface area contributed by atoms with Crippen molar-refractivity contribution in [3.8, 4) is 0 Å². The van der Waals surface area contributed by atoms with Crippen LogP contribution in [0.2, 0.25) is 0 Å². The van der Waals surface area contributed by atoms with Crippen LogP contribution in [0.3, 0.4) is 0 Å². The van der Waals surface area contributed by atoms with Gasteiger partial charge in [-0.1, -0.05) is 12.1 Å². The molecule has 0 aromatic carbocycles. The summed E-state index contributed by atoms with van der Waals surface area (Å²) in [5.41, 5.74) is 1.79. The second kappa shape index (κ2) is 7.67. The summed E-state index contributed by atoms with van der Waals surface area (Å²) in [5.74, 6) is 0.565. The van der Waals surface area contributed by atoms with Crippen molar-refractivity contribution in [2.75, 3.05) is 20.1 Å². The van der Waals surface area contributed by atoms with E-state index in [1.54, 1.807) is 7.05 Å². The highest BCUT2D eigenvalue weighted by molar-refractivity contribution is 5.84. The lowest BCUT2D eigenvalue weighted by Gasteiger charge is -2.16. The van der Waals surface area contributed by atoms with E-state index < -0.39 is 0 Å². The van der Waals surface area contributed by atoms with Gasteiger partial charge in [-0.05, 0) is 26.7 Å². The molecule has 0 unspecified atom stereocenters. The predicted octanol–water partition coefficient (Wildman–Crippen LogP) is 1.21. The van der Waals surface area contributed by atoms with E-state index in [1.165, 1.54) is 4.90 Å². The third-order valence-electron chi connectivity index (χ3n) is 3.15. The van der Waals surface area contributed by atoms with Gasteiger partial charge in [-0.2, -0.15) is 0 Å². The van der Waals surface area contributed by atoms with E-state index in [1.807, 2.05) is 20.8 Å². The zero-order valence-electron chi connectivity index (χ0n) is 12.7. The van der Waals surface area contributed by atoms with Crippen LogP contribution in [0.4, 0.5) is 0 Å². The van der Waals surface area contributed by atoms with Crippen molar-refractivity contribution in [3.05, 3.63) is 17.0 Å². The molecule has 0 saturated heterocycles. The average molecular weight is 281 g/mol. The monoisotopic (exact) mass is 281 g/mol. The lowest BCUT2D eigenvalue weighted by atomic mass is 10.1. The molecule has 0 radical (unpaired) electrons. The maximum atomic E-state index is 12.0. The third-order valence-corrected chi connectivity index (χ3v) is 3.15. The number of carbonyl (C=O) groups is 2. The van der Waals surface area contributed by atoms with Crippen LogP contribution in [0.15, 0.2) is 4.52 Å². The molecular weight excluding hydrogens is 258 g/mol. The second-order valence-corrected chi connectivity index (χ2v) is 4.90. The van der Waals surface area contributed by atoms with Crippen LogP contribution < -0.4 is 5.32 Å². The van der Waals surface area contributed by atoms with Crippen LogP contribution in [0.25, 0.3) is 0 Å². The van der Waals surface area contributed by atoms with E-state index in [0.29, 0.717) is 19.4 Å². The van der Waals surface area contributed by atoms with Crippen molar-refractivity contribution < 1.29 is 14.1 Å². The molecular formula is C14H23N3O3. The predicted molar refractivity (Wildman–Crippen MR) is 75.2 cm³/mol. The first-order valence-electron chi connectivity index (χ1n) is 6.88. The highest BCUT2D eigenvalue weighted by atomic mass is 16.5. The molecule has 1 aromatic heterocycles. The van der Waals surface area contributed by atoms with Crippen molar-refractivity contribution in [1.82, 2.24) is 15.4 Å². The van der Waals surface area contributed by atoms with Gasteiger partial charge in [0.25, 0.3) is 0 Å². The minimum absolute atomic E-state index is 0.0587. The Balaban J connectivity index is 2.40. The zero-order chi connectivity index (χ0) is 15.1. The summed E-state index contributed by atoms with van der Waals surface area (Å²) >= 11 is 0. The Morgan fingerprint density at radius 2 is 2.05 bits per heavy atom. The fourth-order valence-electron chi connectivity index (χ4n) is 1.91. The second-order valence-electron chi connectivity index (χ2n) is 4.90. The summed E-state index contributed by atoms with van der Waals surface area (Å²) in [6.07, 6.45) is 1.82. The molecule has 112 valence electrons. The summed E-state index contributed by atoms with van der Waals surface area (Å²) in [6.45, 7) is 6.42. The number of amides is 2. The highest BCUT2D eigenvalue weighted by Gasteiger charge is 2.15. The van der Waals surface area contributed by atoms with Crippen LogP contribution in [0.1, 0.15) is 36.8 Å². The molecule has 0 spiro atoms.